The maximum atomic E-state index is 12.1. The van der Waals surface area contributed by atoms with Gasteiger partial charge in [-0.25, -0.2) is 14.5 Å². The van der Waals surface area contributed by atoms with Gasteiger partial charge in [0.2, 0.25) is 0 Å². The van der Waals surface area contributed by atoms with Crippen LogP contribution in [0.4, 0.5) is 5.82 Å². The highest BCUT2D eigenvalue weighted by Crippen LogP contribution is 2.63. The number of nitrogens with zero attached hydrogens (tertiary/aromatic N) is 6. The summed E-state index contributed by atoms with van der Waals surface area (Å²) in [4.78, 5) is 26.7. The van der Waals surface area contributed by atoms with Gasteiger partial charge < -0.3 is 24.1 Å². The van der Waals surface area contributed by atoms with Gasteiger partial charge in [-0.15, -0.1) is 0 Å². The van der Waals surface area contributed by atoms with E-state index in [1.54, 1.807) is 6.20 Å². The smallest absolute Gasteiger partial charge is 0.341 e. The van der Waals surface area contributed by atoms with Crippen LogP contribution >= 0.6 is 0 Å². The van der Waals surface area contributed by atoms with Crippen LogP contribution in [0.2, 0.25) is 0 Å². The predicted molar refractivity (Wildman–Crippen MR) is 131 cm³/mol. The summed E-state index contributed by atoms with van der Waals surface area (Å²) in [7, 11) is 1.36. The molecule has 5 aliphatic rings. The molecule has 5 fully saturated rings. The molecule has 194 valence electrons. The van der Waals surface area contributed by atoms with Crippen molar-refractivity contribution in [2.45, 2.75) is 76.0 Å². The largest absolute Gasteiger partial charge is 0.465 e. The normalized spacial score (nSPS) is 31.5. The first-order valence-corrected chi connectivity index (χ1v) is 13.4. The molecule has 3 aromatic rings. The molecule has 1 saturated heterocycles. The molecule has 0 spiro atoms. The van der Waals surface area contributed by atoms with Crippen LogP contribution in [-0.4, -0.2) is 66.4 Å². The van der Waals surface area contributed by atoms with E-state index < -0.39 is 11.8 Å². The lowest BCUT2D eigenvalue weighted by molar-refractivity contribution is -0.156. The van der Waals surface area contributed by atoms with Crippen LogP contribution < -0.4 is 5.32 Å². The average molecular weight is 506 g/mol. The molecule has 1 N–H and O–H groups in total. The van der Waals surface area contributed by atoms with Crippen molar-refractivity contribution in [3.8, 4) is 5.95 Å². The molecule has 4 aliphatic carbocycles. The van der Waals surface area contributed by atoms with Crippen molar-refractivity contribution in [1.82, 2.24) is 29.3 Å². The van der Waals surface area contributed by atoms with E-state index in [9.17, 15) is 4.79 Å². The van der Waals surface area contributed by atoms with Crippen LogP contribution in [0.1, 0.15) is 62.4 Å². The van der Waals surface area contributed by atoms with Crippen LogP contribution in [0.15, 0.2) is 18.7 Å². The molecule has 11 nitrogen and oxygen atoms in total. The van der Waals surface area contributed by atoms with Crippen molar-refractivity contribution < 1.29 is 19.0 Å². The highest BCUT2D eigenvalue weighted by Gasteiger charge is 2.66. The number of hydrogen-bond donors (Lipinski definition) is 1. The minimum atomic E-state index is -0.592. The Bertz CT molecular complexity index is 1400. The van der Waals surface area contributed by atoms with E-state index in [1.807, 2.05) is 20.2 Å². The number of hydrogen-bond acceptors (Lipinski definition) is 9. The quantitative estimate of drug-likeness (QED) is 0.483. The van der Waals surface area contributed by atoms with E-state index in [0.717, 1.165) is 23.4 Å². The van der Waals surface area contributed by atoms with Gasteiger partial charge in [0.05, 0.1) is 37.3 Å². The molecule has 3 aromatic heterocycles. The Balaban J connectivity index is 1.23. The molecule has 8 rings (SSSR count). The molecule has 0 bridgehead atoms. The minimum absolute atomic E-state index is 0.0349. The first-order chi connectivity index (χ1) is 17.9. The molecule has 1 aliphatic heterocycles. The monoisotopic (exact) mass is 505 g/mol. The van der Waals surface area contributed by atoms with Crippen LogP contribution in [0.5, 0.6) is 0 Å². The second kappa shape index (κ2) is 7.50. The predicted octanol–water partition coefficient (Wildman–Crippen LogP) is 3.11. The van der Waals surface area contributed by atoms with Gasteiger partial charge in [0.15, 0.2) is 22.8 Å². The third-order valence-electron chi connectivity index (χ3n) is 8.75. The average Bonchev–Trinajstić information content (AvgIpc) is 3.83. The molecule has 5 atom stereocenters. The van der Waals surface area contributed by atoms with Gasteiger partial charge in [0.1, 0.15) is 6.10 Å². The fraction of sp³-hybridized carbons (Fsp3) is 0.654. The standard InChI is InChI=1S/C26H31N7O4/c1-26(2)36-20-16-8-15(16)19(21(20)37-26)32-11-27-18-22(29-17(12-4-5-12)13-6-7-13)30-25(31-23(18)32)33-10-14(9-28-33)24(34)35-3/h9-13,15-17,19-21H,4-8H2,1-3H3,(H,29,30,31)/t15-,16+,19+,20+,21-/m0/s1. The lowest BCUT2D eigenvalue weighted by atomic mass is 10.1. The van der Waals surface area contributed by atoms with E-state index in [0.29, 0.717) is 41.2 Å². The molecular formula is C26H31N7O4. The SMILES string of the molecule is COC(=O)c1cnn(-c2nc(NC(C3CC3)C3CC3)c3ncn([C@@H]4[C@H]5C[C@H]5[C@H]5OC(C)(C)O[C@H]54)c3n2)c1. The molecule has 4 heterocycles. The second-order valence-electron chi connectivity index (χ2n) is 11.8. The summed E-state index contributed by atoms with van der Waals surface area (Å²) in [5, 5.41) is 8.14. The molecular weight excluding hydrogens is 474 g/mol. The van der Waals surface area contributed by atoms with Gasteiger partial charge >= 0.3 is 5.97 Å². The van der Waals surface area contributed by atoms with Crippen molar-refractivity contribution in [2.75, 3.05) is 12.4 Å². The number of aromatic nitrogens is 6. The maximum Gasteiger partial charge on any atom is 0.341 e. The minimum Gasteiger partial charge on any atom is -0.465 e. The Hall–Kier alpha value is -3.05. The summed E-state index contributed by atoms with van der Waals surface area (Å²) in [6.45, 7) is 3.97. The van der Waals surface area contributed by atoms with Crippen LogP contribution in [0.3, 0.4) is 0 Å². The van der Waals surface area contributed by atoms with Gasteiger partial charge in [-0.3, -0.25) is 0 Å². The van der Waals surface area contributed by atoms with Crippen molar-refractivity contribution in [3.05, 3.63) is 24.3 Å². The fourth-order valence-electron chi connectivity index (χ4n) is 6.70. The molecule has 4 saturated carbocycles. The molecule has 0 radical (unpaired) electrons. The van der Waals surface area contributed by atoms with Gasteiger partial charge in [0.25, 0.3) is 5.95 Å². The molecule has 0 unspecified atom stereocenters. The second-order valence-corrected chi connectivity index (χ2v) is 11.8. The third kappa shape index (κ3) is 3.50. The number of methoxy groups -OCH3 is 1. The molecule has 11 heteroatoms. The first-order valence-electron chi connectivity index (χ1n) is 13.4. The number of carbonyl (C=O) groups is 1. The van der Waals surface area contributed by atoms with Crippen molar-refractivity contribution in [1.29, 1.82) is 0 Å². The molecule has 0 aromatic carbocycles. The fourth-order valence-corrected chi connectivity index (χ4v) is 6.70. The Morgan fingerprint density at radius 1 is 1.14 bits per heavy atom. The number of imidazole rings is 1. The van der Waals surface area contributed by atoms with Crippen LogP contribution in [0, 0.1) is 23.7 Å². The first kappa shape index (κ1) is 22.0. The topological polar surface area (TPSA) is 118 Å². The van der Waals surface area contributed by atoms with Crippen molar-refractivity contribution in [3.63, 3.8) is 0 Å². The summed E-state index contributed by atoms with van der Waals surface area (Å²) < 4.78 is 21.2. The molecule has 37 heavy (non-hydrogen) atoms. The lowest BCUT2D eigenvalue weighted by Crippen LogP contribution is -2.30. The van der Waals surface area contributed by atoms with E-state index in [4.69, 9.17) is 29.2 Å². The number of esters is 1. The van der Waals surface area contributed by atoms with Crippen LogP contribution in [-0.2, 0) is 14.2 Å². The number of anilines is 1. The van der Waals surface area contributed by atoms with Crippen molar-refractivity contribution >= 4 is 23.0 Å². The zero-order chi connectivity index (χ0) is 25.1. The highest BCUT2D eigenvalue weighted by molar-refractivity contribution is 5.89. The number of carbonyl (C=O) groups excluding carboxylic acids is 1. The summed E-state index contributed by atoms with van der Waals surface area (Å²) in [5.74, 6) is 2.45. The Kier molecular flexibility index (Phi) is 4.46. The zero-order valence-electron chi connectivity index (χ0n) is 21.2. The summed E-state index contributed by atoms with van der Waals surface area (Å²) in [5.41, 5.74) is 1.85. The van der Waals surface area contributed by atoms with E-state index in [1.165, 1.54) is 43.7 Å². The number of fused-ring (bicyclic) bond motifs is 4. The van der Waals surface area contributed by atoms with Crippen molar-refractivity contribution in [2.24, 2.45) is 23.7 Å². The van der Waals surface area contributed by atoms with E-state index >= 15 is 0 Å². The summed E-state index contributed by atoms with van der Waals surface area (Å²) >= 11 is 0. The van der Waals surface area contributed by atoms with Gasteiger partial charge in [-0.2, -0.15) is 15.1 Å². The molecule has 0 amide bonds. The summed E-state index contributed by atoms with van der Waals surface area (Å²) in [6, 6.07) is 0.499. The Morgan fingerprint density at radius 3 is 2.62 bits per heavy atom. The number of ether oxygens (including phenoxy) is 3. The maximum absolute atomic E-state index is 12.1. The Labute approximate surface area is 213 Å². The Morgan fingerprint density at radius 2 is 1.89 bits per heavy atom. The lowest BCUT2D eigenvalue weighted by Gasteiger charge is -2.24. The zero-order valence-corrected chi connectivity index (χ0v) is 21.2. The number of nitrogens with one attached hydrogen (secondary N) is 1. The van der Waals surface area contributed by atoms with Gasteiger partial charge in [-0.05, 0) is 69.6 Å². The van der Waals surface area contributed by atoms with E-state index in [2.05, 4.69) is 15.0 Å². The van der Waals surface area contributed by atoms with E-state index in [-0.39, 0.29) is 18.2 Å². The third-order valence-corrected chi connectivity index (χ3v) is 8.75. The summed E-state index contributed by atoms with van der Waals surface area (Å²) in [6.07, 6.45) is 11.2. The van der Waals surface area contributed by atoms with Crippen LogP contribution in [0.25, 0.3) is 17.1 Å². The van der Waals surface area contributed by atoms with Gasteiger partial charge in [0, 0.05) is 12.2 Å². The van der Waals surface area contributed by atoms with Gasteiger partial charge in [-0.1, -0.05) is 0 Å². The number of rotatable bonds is 7. The highest BCUT2D eigenvalue weighted by atomic mass is 16.8.